The highest BCUT2D eigenvalue weighted by Gasteiger charge is 1.88. The Balaban J connectivity index is 0.000000286. The molecule has 2 rings (SSSR count). The van der Waals surface area contributed by atoms with Gasteiger partial charge in [-0.15, -0.1) is 0 Å². The molecule has 0 unspecified atom stereocenters. The second kappa shape index (κ2) is 9.16. The van der Waals surface area contributed by atoms with Gasteiger partial charge in [0, 0.05) is 10.6 Å². The van der Waals surface area contributed by atoms with Crippen LogP contribution in [0.5, 0.6) is 0 Å². The van der Waals surface area contributed by atoms with Crippen molar-refractivity contribution in [3.8, 4) is 0 Å². The molecule has 0 saturated carbocycles. The highest BCUT2D eigenvalue weighted by atomic mass is 19.3. The molecule has 0 radical (unpaired) electrons. The van der Waals surface area contributed by atoms with Crippen molar-refractivity contribution < 1.29 is 14.3 Å². The van der Waals surface area contributed by atoms with Gasteiger partial charge < -0.3 is 0 Å². The summed E-state index contributed by atoms with van der Waals surface area (Å²) in [6.45, 7) is 2.92. The predicted octanol–water partition coefficient (Wildman–Crippen LogP) is 4.70. The third kappa shape index (κ3) is 6.20. The molecule has 0 bridgehead atoms. The fourth-order valence-corrected chi connectivity index (χ4v) is 1.14. The summed E-state index contributed by atoms with van der Waals surface area (Å²) in [6.07, 6.45) is 0.736. The maximum atomic E-state index is 10.5. The quantitative estimate of drug-likeness (QED) is 0.600. The van der Waals surface area contributed by atoms with Crippen LogP contribution in [0.4, 0.5) is 15.9 Å². The zero-order valence-electron chi connectivity index (χ0n) is 10.6. The molecule has 102 valence electrons. The first-order valence-corrected chi connectivity index (χ1v) is 5.73. The van der Waals surface area contributed by atoms with Gasteiger partial charge in [0.05, 0.1) is 11.4 Å². The molecule has 20 heavy (non-hydrogen) atoms. The Hall–Kier alpha value is -2.82. The Morgan fingerprint density at radius 2 is 1.35 bits per heavy atom. The van der Waals surface area contributed by atoms with Crippen molar-refractivity contribution in [2.75, 3.05) is 0 Å². The molecule has 0 fully saturated rings. The van der Waals surface area contributed by atoms with E-state index in [1.807, 2.05) is 60.7 Å². The van der Waals surface area contributed by atoms with Crippen molar-refractivity contribution in [2.24, 2.45) is 10.2 Å². The molecule has 0 aromatic heterocycles. The standard InChI is InChI=1S/C12H10N2.C3H3FO2/c1-3-7-11(8-4-1)13-14-12-9-5-2-6-10-12;1-2-3(5)6-4/h1-10H;2H,1H2/b14-13+;. The lowest BCUT2D eigenvalue weighted by Gasteiger charge is -1.91. The molecule has 0 amide bonds. The number of rotatable bonds is 3. The van der Waals surface area contributed by atoms with Crippen molar-refractivity contribution in [1.29, 1.82) is 0 Å². The molecule has 0 spiro atoms. The summed E-state index contributed by atoms with van der Waals surface area (Å²) < 4.78 is 10.5. The molecule has 0 atom stereocenters. The second-order valence-electron chi connectivity index (χ2n) is 3.47. The number of hydrogen-bond donors (Lipinski definition) is 0. The lowest BCUT2D eigenvalue weighted by atomic mass is 10.3. The van der Waals surface area contributed by atoms with E-state index >= 15 is 0 Å². The van der Waals surface area contributed by atoms with Crippen molar-refractivity contribution >= 4 is 17.3 Å². The predicted molar refractivity (Wildman–Crippen MR) is 74.5 cm³/mol. The van der Waals surface area contributed by atoms with Gasteiger partial charge in [0.2, 0.25) is 0 Å². The lowest BCUT2D eigenvalue weighted by molar-refractivity contribution is -0.176. The summed E-state index contributed by atoms with van der Waals surface area (Å²) in [7, 11) is 0. The fraction of sp³-hybridized carbons (Fsp3) is 0. The van der Waals surface area contributed by atoms with Gasteiger partial charge >= 0.3 is 5.97 Å². The van der Waals surface area contributed by atoms with Crippen molar-refractivity contribution in [3.05, 3.63) is 73.3 Å². The summed E-state index contributed by atoms with van der Waals surface area (Å²) in [6, 6.07) is 19.4. The number of nitrogens with zero attached hydrogens (tertiary/aromatic N) is 2. The number of hydrogen-bond acceptors (Lipinski definition) is 4. The number of benzene rings is 2. The summed E-state index contributed by atoms with van der Waals surface area (Å²) in [5.41, 5.74) is 1.74. The van der Waals surface area contributed by atoms with Gasteiger partial charge in [-0.2, -0.15) is 10.2 Å². The molecular weight excluding hydrogens is 259 g/mol. The van der Waals surface area contributed by atoms with Crippen molar-refractivity contribution in [2.45, 2.75) is 0 Å². The SMILES string of the molecule is C=CC(=O)OF.c1ccc(/N=N/c2ccccc2)cc1. The lowest BCUT2D eigenvalue weighted by Crippen LogP contribution is -1.87. The molecule has 0 aliphatic carbocycles. The number of carbonyl (C=O) groups excluding carboxylic acids is 1. The van der Waals surface area contributed by atoms with Crippen LogP contribution in [0.25, 0.3) is 0 Å². The first kappa shape index (κ1) is 15.2. The minimum Gasteiger partial charge on any atom is -0.250 e. The molecule has 5 heteroatoms. The van der Waals surface area contributed by atoms with Crippen LogP contribution < -0.4 is 0 Å². The van der Waals surface area contributed by atoms with Crippen LogP contribution in [-0.4, -0.2) is 5.97 Å². The van der Waals surface area contributed by atoms with E-state index in [1.165, 1.54) is 0 Å². The van der Waals surface area contributed by atoms with Crippen molar-refractivity contribution in [1.82, 2.24) is 0 Å². The highest BCUT2D eigenvalue weighted by molar-refractivity contribution is 5.80. The van der Waals surface area contributed by atoms with Crippen LogP contribution in [0, 0.1) is 0 Å². The third-order valence-electron chi connectivity index (χ3n) is 2.04. The largest absolute Gasteiger partial charge is 0.371 e. The molecular formula is C15H13FN2O2. The summed E-state index contributed by atoms with van der Waals surface area (Å²) >= 11 is 0. The van der Waals surface area contributed by atoms with Gasteiger partial charge in [-0.25, -0.2) is 4.79 Å². The Bertz CT molecular complexity index is 515. The number of halogens is 1. The van der Waals surface area contributed by atoms with Gasteiger partial charge in [0.25, 0.3) is 0 Å². The van der Waals surface area contributed by atoms with Crippen LogP contribution in [0.3, 0.4) is 0 Å². The Morgan fingerprint density at radius 3 is 1.60 bits per heavy atom. The third-order valence-corrected chi connectivity index (χ3v) is 2.04. The van der Waals surface area contributed by atoms with Gasteiger partial charge in [-0.3, -0.25) is 4.94 Å². The molecule has 0 saturated heterocycles. The zero-order chi connectivity index (χ0) is 14.6. The van der Waals surface area contributed by atoms with Crippen molar-refractivity contribution in [3.63, 3.8) is 0 Å². The van der Waals surface area contributed by atoms with Gasteiger partial charge in [-0.1, -0.05) is 43.0 Å². The van der Waals surface area contributed by atoms with E-state index in [2.05, 4.69) is 21.7 Å². The summed E-state index contributed by atoms with van der Waals surface area (Å²) in [5.74, 6) is -1.06. The molecule has 0 aliphatic heterocycles. The van der Waals surface area contributed by atoms with E-state index in [0.717, 1.165) is 17.5 Å². The van der Waals surface area contributed by atoms with E-state index in [-0.39, 0.29) is 0 Å². The topological polar surface area (TPSA) is 51.0 Å². The smallest absolute Gasteiger partial charge is 0.250 e. The Kier molecular flexibility index (Phi) is 6.98. The second-order valence-corrected chi connectivity index (χ2v) is 3.47. The van der Waals surface area contributed by atoms with Crippen LogP contribution in [0.2, 0.25) is 0 Å². The average molecular weight is 272 g/mol. The zero-order valence-corrected chi connectivity index (χ0v) is 10.6. The first-order chi connectivity index (χ1) is 9.76. The van der Waals surface area contributed by atoms with Crippen LogP contribution in [0.1, 0.15) is 0 Å². The maximum absolute atomic E-state index is 10.5. The maximum Gasteiger partial charge on any atom is 0.371 e. The Morgan fingerprint density at radius 1 is 0.950 bits per heavy atom. The molecule has 0 heterocycles. The van der Waals surface area contributed by atoms with Crippen LogP contribution in [-0.2, 0) is 9.74 Å². The van der Waals surface area contributed by atoms with Gasteiger partial charge in [0.15, 0.2) is 0 Å². The summed E-state index contributed by atoms with van der Waals surface area (Å²) in [5, 5.41) is 8.20. The summed E-state index contributed by atoms with van der Waals surface area (Å²) in [4.78, 5) is 12.1. The molecule has 2 aromatic rings. The van der Waals surface area contributed by atoms with E-state index in [4.69, 9.17) is 0 Å². The molecule has 2 aromatic carbocycles. The average Bonchev–Trinajstić information content (AvgIpc) is 2.54. The van der Waals surface area contributed by atoms with Gasteiger partial charge in [0.1, 0.15) is 0 Å². The highest BCUT2D eigenvalue weighted by Crippen LogP contribution is 2.16. The van der Waals surface area contributed by atoms with Gasteiger partial charge in [-0.05, 0) is 24.3 Å². The van der Waals surface area contributed by atoms with Crippen LogP contribution in [0.15, 0.2) is 83.5 Å². The monoisotopic (exact) mass is 272 g/mol. The van der Waals surface area contributed by atoms with E-state index < -0.39 is 5.97 Å². The minimum atomic E-state index is -1.06. The Labute approximate surface area is 116 Å². The number of carbonyl (C=O) groups is 1. The first-order valence-electron chi connectivity index (χ1n) is 5.73. The minimum absolute atomic E-state index is 0.736. The normalized spacial score (nSPS) is 9.45. The van der Waals surface area contributed by atoms with Crippen LogP contribution >= 0.6 is 0 Å². The molecule has 0 aliphatic rings. The fourth-order valence-electron chi connectivity index (χ4n) is 1.14. The number of azo groups is 1. The molecule has 0 N–H and O–H groups in total. The molecule has 4 nitrogen and oxygen atoms in total. The van der Waals surface area contributed by atoms with E-state index in [9.17, 15) is 9.32 Å². The van der Waals surface area contributed by atoms with E-state index in [0.29, 0.717) is 0 Å². The van der Waals surface area contributed by atoms with E-state index in [1.54, 1.807) is 0 Å².